The normalized spacial score (nSPS) is 27.0. The SMILES string of the molecule is CCCCOCC(O)COC1CCC(O)CC1. The van der Waals surface area contributed by atoms with Crippen LogP contribution in [0.15, 0.2) is 0 Å². The first kappa shape index (κ1) is 14.9. The van der Waals surface area contributed by atoms with Crippen molar-refractivity contribution in [2.75, 3.05) is 19.8 Å². The van der Waals surface area contributed by atoms with Gasteiger partial charge in [0.2, 0.25) is 0 Å². The molecule has 1 aliphatic rings. The lowest BCUT2D eigenvalue weighted by molar-refractivity contribution is -0.0623. The molecule has 0 bridgehead atoms. The van der Waals surface area contributed by atoms with Crippen LogP contribution in [0.2, 0.25) is 0 Å². The molecule has 102 valence electrons. The summed E-state index contributed by atoms with van der Waals surface area (Å²) >= 11 is 0. The zero-order valence-corrected chi connectivity index (χ0v) is 10.8. The van der Waals surface area contributed by atoms with E-state index in [1.54, 1.807) is 0 Å². The molecule has 0 saturated heterocycles. The van der Waals surface area contributed by atoms with Crippen molar-refractivity contribution in [3.63, 3.8) is 0 Å². The Morgan fingerprint density at radius 2 is 1.88 bits per heavy atom. The minimum Gasteiger partial charge on any atom is -0.393 e. The predicted molar refractivity (Wildman–Crippen MR) is 65.9 cm³/mol. The molecule has 1 fully saturated rings. The third-order valence-corrected chi connectivity index (χ3v) is 3.12. The molecule has 0 aromatic heterocycles. The van der Waals surface area contributed by atoms with Gasteiger partial charge in [0.25, 0.3) is 0 Å². The van der Waals surface area contributed by atoms with Crippen LogP contribution in [0, 0.1) is 0 Å². The number of aliphatic hydroxyl groups excluding tert-OH is 2. The predicted octanol–water partition coefficient (Wildman–Crippen LogP) is 1.48. The molecular weight excluding hydrogens is 220 g/mol. The first-order valence-corrected chi connectivity index (χ1v) is 6.77. The minimum atomic E-state index is -0.529. The second kappa shape index (κ2) is 8.86. The zero-order valence-electron chi connectivity index (χ0n) is 10.8. The van der Waals surface area contributed by atoms with Crippen LogP contribution in [-0.4, -0.2) is 48.3 Å². The van der Waals surface area contributed by atoms with Crippen molar-refractivity contribution in [3.05, 3.63) is 0 Å². The molecular formula is C13H26O4. The highest BCUT2D eigenvalue weighted by Gasteiger charge is 2.20. The molecule has 4 heteroatoms. The minimum absolute atomic E-state index is 0.155. The van der Waals surface area contributed by atoms with Gasteiger partial charge >= 0.3 is 0 Å². The van der Waals surface area contributed by atoms with Crippen LogP contribution < -0.4 is 0 Å². The highest BCUT2D eigenvalue weighted by Crippen LogP contribution is 2.20. The highest BCUT2D eigenvalue weighted by atomic mass is 16.5. The molecule has 0 amide bonds. The average molecular weight is 246 g/mol. The maximum absolute atomic E-state index is 9.63. The van der Waals surface area contributed by atoms with E-state index in [2.05, 4.69) is 6.92 Å². The molecule has 0 radical (unpaired) electrons. The molecule has 0 aromatic rings. The zero-order chi connectivity index (χ0) is 12.5. The van der Waals surface area contributed by atoms with E-state index < -0.39 is 6.10 Å². The van der Waals surface area contributed by atoms with Crippen LogP contribution in [-0.2, 0) is 9.47 Å². The van der Waals surface area contributed by atoms with E-state index in [-0.39, 0.29) is 12.2 Å². The summed E-state index contributed by atoms with van der Waals surface area (Å²) < 4.78 is 10.9. The molecule has 1 rings (SSSR count). The van der Waals surface area contributed by atoms with Gasteiger partial charge < -0.3 is 19.7 Å². The quantitative estimate of drug-likeness (QED) is 0.637. The van der Waals surface area contributed by atoms with Crippen molar-refractivity contribution in [3.8, 4) is 0 Å². The summed E-state index contributed by atoms with van der Waals surface area (Å²) in [6.07, 6.45) is 5.07. The monoisotopic (exact) mass is 246 g/mol. The largest absolute Gasteiger partial charge is 0.393 e. The fourth-order valence-corrected chi connectivity index (χ4v) is 1.97. The van der Waals surface area contributed by atoms with Crippen molar-refractivity contribution in [1.82, 2.24) is 0 Å². The maximum Gasteiger partial charge on any atom is 0.101 e. The summed E-state index contributed by atoms with van der Waals surface area (Å²) in [6.45, 7) is 3.52. The molecule has 1 unspecified atom stereocenters. The molecule has 17 heavy (non-hydrogen) atoms. The van der Waals surface area contributed by atoms with Gasteiger partial charge in [0.05, 0.1) is 25.4 Å². The van der Waals surface area contributed by atoms with E-state index in [1.807, 2.05) is 0 Å². The van der Waals surface area contributed by atoms with Crippen molar-refractivity contribution >= 4 is 0 Å². The topological polar surface area (TPSA) is 58.9 Å². The molecule has 1 saturated carbocycles. The Labute approximate surface area is 104 Å². The summed E-state index contributed by atoms with van der Waals surface area (Å²) in [5.41, 5.74) is 0. The van der Waals surface area contributed by atoms with Crippen molar-refractivity contribution in [1.29, 1.82) is 0 Å². The molecule has 1 atom stereocenters. The average Bonchev–Trinajstić information content (AvgIpc) is 2.34. The number of unbranched alkanes of at least 4 members (excludes halogenated alkanes) is 1. The van der Waals surface area contributed by atoms with Crippen LogP contribution in [0.25, 0.3) is 0 Å². The molecule has 0 spiro atoms. The van der Waals surface area contributed by atoms with Gasteiger partial charge in [0.15, 0.2) is 0 Å². The van der Waals surface area contributed by atoms with Gasteiger partial charge in [-0.2, -0.15) is 0 Å². The Bertz CT molecular complexity index is 178. The third kappa shape index (κ3) is 6.99. The number of hydrogen-bond acceptors (Lipinski definition) is 4. The number of hydrogen-bond donors (Lipinski definition) is 2. The molecule has 0 aromatic carbocycles. The van der Waals surface area contributed by atoms with Crippen LogP contribution in [0.5, 0.6) is 0 Å². The highest BCUT2D eigenvalue weighted by molar-refractivity contribution is 4.72. The molecule has 4 nitrogen and oxygen atoms in total. The lowest BCUT2D eigenvalue weighted by Gasteiger charge is -2.26. The van der Waals surface area contributed by atoms with Crippen molar-refractivity contribution in [2.24, 2.45) is 0 Å². The van der Waals surface area contributed by atoms with E-state index >= 15 is 0 Å². The molecule has 2 N–H and O–H groups in total. The summed E-state index contributed by atoms with van der Waals surface area (Å²) in [6, 6.07) is 0. The fourth-order valence-electron chi connectivity index (χ4n) is 1.97. The maximum atomic E-state index is 9.63. The number of ether oxygens (including phenoxy) is 2. The van der Waals surface area contributed by atoms with Gasteiger partial charge in [-0.05, 0) is 32.1 Å². The molecule has 0 aliphatic heterocycles. The van der Waals surface area contributed by atoms with Gasteiger partial charge in [-0.3, -0.25) is 0 Å². The standard InChI is InChI=1S/C13H26O4/c1-2-3-8-16-9-12(15)10-17-13-6-4-11(14)5-7-13/h11-15H,2-10H2,1H3. The second-order valence-corrected chi connectivity index (χ2v) is 4.85. The summed E-state index contributed by atoms with van der Waals surface area (Å²) in [4.78, 5) is 0. The van der Waals surface area contributed by atoms with Gasteiger partial charge in [0, 0.05) is 6.61 Å². The Morgan fingerprint density at radius 1 is 1.18 bits per heavy atom. The lowest BCUT2D eigenvalue weighted by atomic mass is 9.95. The number of aliphatic hydroxyl groups is 2. The molecule has 0 heterocycles. The summed E-state index contributed by atoms with van der Waals surface area (Å²) in [5, 5.41) is 19.0. The first-order chi connectivity index (χ1) is 8.22. The van der Waals surface area contributed by atoms with Crippen LogP contribution in [0.1, 0.15) is 45.4 Å². The summed E-state index contributed by atoms with van der Waals surface area (Å²) in [7, 11) is 0. The van der Waals surface area contributed by atoms with E-state index in [0.29, 0.717) is 19.8 Å². The second-order valence-electron chi connectivity index (χ2n) is 4.85. The third-order valence-electron chi connectivity index (χ3n) is 3.12. The van der Waals surface area contributed by atoms with Gasteiger partial charge in [-0.15, -0.1) is 0 Å². The lowest BCUT2D eigenvalue weighted by Crippen LogP contribution is -2.29. The Balaban J connectivity index is 1.97. The number of rotatable bonds is 8. The van der Waals surface area contributed by atoms with Crippen molar-refractivity contribution < 1.29 is 19.7 Å². The van der Waals surface area contributed by atoms with E-state index in [0.717, 1.165) is 38.5 Å². The van der Waals surface area contributed by atoms with Gasteiger partial charge in [-0.25, -0.2) is 0 Å². The van der Waals surface area contributed by atoms with E-state index in [1.165, 1.54) is 0 Å². The van der Waals surface area contributed by atoms with E-state index in [9.17, 15) is 10.2 Å². The first-order valence-electron chi connectivity index (χ1n) is 6.77. The Kier molecular flexibility index (Phi) is 7.77. The molecule has 1 aliphatic carbocycles. The van der Waals surface area contributed by atoms with Gasteiger partial charge in [0.1, 0.15) is 6.10 Å². The van der Waals surface area contributed by atoms with Gasteiger partial charge in [-0.1, -0.05) is 13.3 Å². The van der Waals surface area contributed by atoms with Crippen LogP contribution in [0.4, 0.5) is 0 Å². The van der Waals surface area contributed by atoms with Crippen molar-refractivity contribution in [2.45, 2.75) is 63.8 Å². The smallest absolute Gasteiger partial charge is 0.101 e. The van der Waals surface area contributed by atoms with Crippen LogP contribution in [0.3, 0.4) is 0 Å². The Morgan fingerprint density at radius 3 is 2.53 bits per heavy atom. The Hall–Kier alpha value is -0.160. The van der Waals surface area contributed by atoms with Crippen LogP contribution >= 0.6 is 0 Å². The van der Waals surface area contributed by atoms with E-state index in [4.69, 9.17) is 9.47 Å². The summed E-state index contributed by atoms with van der Waals surface area (Å²) in [5.74, 6) is 0. The fraction of sp³-hybridized carbons (Fsp3) is 1.00.